The molecule has 0 spiro atoms. The number of aromatic nitrogens is 2. The second-order valence-electron chi connectivity index (χ2n) is 7.70. The second kappa shape index (κ2) is 9.70. The molecule has 0 saturated carbocycles. The lowest BCUT2D eigenvalue weighted by Crippen LogP contribution is -2.36. The van der Waals surface area contributed by atoms with Gasteiger partial charge < -0.3 is 14.7 Å². The lowest BCUT2D eigenvalue weighted by Gasteiger charge is -2.29. The molecule has 0 unspecified atom stereocenters. The van der Waals surface area contributed by atoms with E-state index in [2.05, 4.69) is 26.6 Å². The predicted molar refractivity (Wildman–Crippen MR) is 126 cm³/mol. The predicted octanol–water partition coefficient (Wildman–Crippen LogP) is 4.68. The van der Waals surface area contributed by atoms with Crippen molar-refractivity contribution in [3.05, 3.63) is 72.0 Å². The lowest BCUT2D eigenvalue weighted by molar-refractivity contribution is 0.122. The van der Waals surface area contributed by atoms with E-state index in [1.54, 1.807) is 18.3 Å². The summed E-state index contributed by atoms with van der Waals surface area (Å²) in [5.74, 6) is -0.612. The molecule has 0 radical (unpaired) electrons. The van der Waals surface area contributed by atoms with Crippen LogP contribution in [0.2, 0.25) is 0 Å². The summed E-state index contributed by atoms with van der Waals surface area (Å²) in [5.41, 5.74) is 4.23. The van der Waals surface area contributed by atoms with Crippen molar-refractivity contribution in [3.8, 4) is 17.0 Å². The number of morpholine rings is 1. The number of aromatic hydroxyl groups is 1. The Kier molecular flexibility index (Phi) is 6.56. The first-order valence-corrected chi connectivity index (χ1v) is 10.4. The van der Waals surface area contributed by atoms with Gasteiger partial charge in [0, 0.05) is 42.0 Å². The van der Waals surface area contributed by atoms with Crippen molar-refractivity contribution in [2.75, 3.05) is 31.2 Å². The highest BCUT2D eigenvalue weighted by Crippen LogP contribution is 2.34. The smallest absolute Gasteiger partial charge is 0.136 e. The van der Waals surface area contributed by atoms with Crippen molar-refractivity contribution in [2.24, 2.45) is 4.99 Å². The quantitative estimate of drug-likeness (QED) is 0.452. The minimum absolute atomic E-state index is 0.0854. The monoisotopic (exact) mass is 432 g/mol. The zero-order valence-corrected chi connectivity index (χ0v) is 18.0. The normalized spacial score (nSPS) is 14.9. The van der Waals surface area contributed by atoms with Gasteiger partial charge in [0.2, 0.25) is 0 Å². The summed E-state index contributed by atoms with van der Waals surface area (Å²) in [5, 5.41) is 11.1. The molecule has 164 valence electrons. The van der Waals surface area contributed by atoms with Gasteiger partial charge in [-0.3, -0.25) is 4.99 Å². The number of hydrogen-bond acceptors (Lipinski definition) is 6. The molecule has 1 saturated heterocycles. The minimum Gasteiger partial charge on any atom is -0.508 e. The summed E-state index contributed by atoms with van der Waals surface area (Å²) in [6, 6.07) is 8.74. The summed E-state index contributed by atoms with van der Waals surface area (Å²) in [4.78, 5) is 14.7. The van der Waals surface area contributed by atoms with Gasteiger partial charge in [0.25, 0.3) is 0 Å². The Labute approximate surface area is 186 Å². The van der Waals surface area contributed by atoms with Gasteiger partial charge in [-0.15, -0.1) is 0 Å². The fourth-order valence-corrected chi connectivity index (χ4v) is 3.84. The van der Waals surface area contributed by atoms with Gasteiger partial charge in [-0.25, -0.2) is 14.4 Å². The fourth-order valence-electron chi connectivity index (χ4n) is 3.84. The third-order valence-corrected chi connectivity index (χ3v) is 5.46. The zero-order chi connectivity index (χ0) is 22.5. The van der Waals surface area contributed by atoms with E-state index in [0.29, 0.717) is 36.5 Å². The molecule has 0 bridgehead atoms. The number of aliphatic imine (C=N–C) groups is 1. The summed E-state index contributed by atoms with van der Waals surface area (Å²) in [6.07, 6.45) is 7.14. The molecule has 1 aromatic heterocycles. The van der Waals surface area contributed by atoms with Crippen molar-refractivity contribution in [2.45, 2.75) is 13.3 Å². The van der Waals surface area contributed by atoms with E-state index in [1.165, 1.54) is 6.33 Å². The first-order valence-electron chi connectivity index (χ1n) is 10.4. The van der Waals surface area contributed by atoms with Gasteiger partial charge in [0.1, 0.15) is 17.9 Å². The van der Waals surface area contributed by atoms with Crippen LogP contribution in [0.15, 0.2) is 65.6 Å². The molecule has 3 aromatic rings. The van der Waals surface area contributed by atoms with E-state index < -0.39 is 5.82 Å². The standard InChI is InChI=1S/C25H25FN4O2/c1-17(4-3-7-27-2)12-18-13-21(22(26)15-24(18)31)25-20-6-5-19(14-23(20)28-16-29-25)30-8-10-32-11-9-30/h3-7,13-16,31H,2,8-12H2,1H3/b7-3-,17-4+. The minimum atomic E-state index is -0.527. The molecule has 2 aromatic carbocycles. The zero-order valence-electron chi connectivity index (χ0n) is 18.0. The first-order chi connectivity index (χ1) is 15.6. The summed E-state index contributed by atoms with van der Waals surface area (Å²) >= 11 is 0. The molecular formula is C25H25FN4O2. The van der Waals surface area contributed by atoms with E-state index in [1.807, 2.05) is 31.2 Å². The van der Waals surface area contributed by atoms with Gasteiger partial charge in [-0.1, -0.05) is 11.6 Å². The Morgan fingerprint density at radius 3 is 2.84 bits per heavy atom. The van der Waals surface area contributed by atoms with E-state index in [9.17, 15) is 9.50 Å². The van der Waals surface area contributed by atoms with Crippen molar-refractivity contribution in [1.82, 2.24) is 9.97 Å². The highest BCUT2D eigenvalue weighted by Gasteiger charge is 2.17. The fraction of sp³-hybridized carbons (Fsp3) is 0.240. The number of allylic oxidation sites excluding steroid dienone is 3. The molecule has 1 aliphatic rings. The number of fused-ring (bicyclic) bond motifs is 1. The number of ether oxygens (including phenoxy) is 1. The maximum atomic E-state index is 14.9. The van der Waals surface area contributed by atoms with Gasteiger partial charge in [0.05, 0.1) is 24.4 Å². The Bertz CT molecular complexity index is 1200. The highest BCUT2D eigenvalue weighted by atomic mass is 19.1. The van der Waals surface area contributed by atoms with Crippen LogP contribution in [0.25, 0.3) is 22.2 Å². The number of phenolic OH excluding ortho intramolecular Hbond substituents is 1. The van der Waals surface area contributed by atoms with Crippen LogP contribution in [0.1, 0.15) is 12.5 Å². The maximum absolute atomic E-state index is 14.9. The van der Waals surface area contributed by atoms with Crippen molar-refractivity contribution in [1.29, 1.82) is 0 Å². The highest BCUT2D eigenvalue weighted by molar-refractivity contribution is 5.94. The molecule has 2 heterocycles. The third-order valence-electron chi connectivity index (χ3n) is 5.46. The van der Waals surface area contributed by atoms with Gasteiger partial charge in [-0.2, -0.15) is 0 Å². The van der Waals surface area contributed by atoms with E-state index >= 15 is 0 Å². The molecule has 1 fully saturated rings. The van der Waals surface area contributed by atoms with E-state index in [0.717, 1.165) is 41.3 Å². The molecule has 1 N–H and O–H groups in total. The van der Waals surface area contributed by atoms with Crippen molar-refractivity contribution < 1.29 is 14.2 Å². The van der Waals surface area contributed by atoms with E-state index in [4.69, 9.17) is 4.74 Å². The second-order valence-corrected chi connectivity index (χ2v) is 7.70. The van der Waals surface area contributed by atoms with Crippen molar-refractivity contribution >= 4 is 23.3 Å². The average Bonchev–Trinajstić information content (AvgIpc) is 2.81. The van der Waals surface area contributed by atoms with Gasteiger partial charge in [-0.05, 0) is 56.0 Å². The van der Waals surface area contributed by atoms with Crippen LogP contribution in [0, 0.1) is 5.82 Å². The Morgan fingerprint density at radius 2 is 2.06 bits per heavy atom. The van der Waals surface area contributed by atoms with Crippen LogP contribution in [0.4, 0.5) is 10.1 Å². The Balaban J connectivity index is 1.72. The molecule has 32 heavy (non-hydrogen) atoms. The number of hydrogen-bond donors (Lipinski definition) is 1. The van der Waals surface area contributed by atoms with E-state index in [-0.39, 0.29) is 5.75 Å². The molecule has 0 atom stereocenters. The molecule has 0 aliphatic carbocycles. The summed E-state index contributed by atoms with van der Waals surface area (Å²) < 4.78 is 20.3. The topological polar surface area (TPSA) is 70.8 Å². The van der Waals surface area contributed by atoms with Crippen LogP contribution >= 0.6 is 0 Å². The maximum Gasteiger partial charge on any atom is 0.136 e. The number of nitrogens with zero attached hydrogens (tertiary/aromatic N) is 4. The number of phenols is 1. The molecule has 1 aliphatic heterocycles. The van der Waals surface area contributed by atoms with Gasteiger partial charge >= 0.3 is 0 Å². The SMILES string of the molecule is C=N/C=C\C=C(/C)Cc1cc(-c2ncnc3cc(N4CCOCC4)ccc23)c(F)cc1O. The summed E-state index contributed by atoms with van der Waals surface area (Å²) in [7, 11) is 0. The number of rotatable bonds is 6. The third kappa shape index (κ3) is 4.68. The molecule has 0 amide bonds. The Morgan fingerprint density at radius 1 is 1.25 bits per heavy atom. The van der Waals surface area contributed by atoms with Crippen LogP contribution < -0.4 is 4.90 Å². The Hall–Kier alpha value is -3.58. The van der Waals surface area contributed by atoms with Crippen LogP contribution in [-0.2, 0) is 11.2 Å². The van der Waals surface area contributed by atoms with Gasteiger partial charge in [0.15, 0.2) is 0 Å². The number of benzene rings is 2. The largest absolute Gasteiger partial charge is 0.508 e. The first kappa shape index (κ1) is 21.6. The molecular weight excluding hydrogens is 407 g/mol. The average molecular weight is 432 g/mol. The van der Waals surface area contributed by atoms with Crippen molar-refractivity contribution in [3.63, 3.8) is 0 Å². The van der Waals surface area contributed by atoms with Crippen LogP contribution in [0.3, 0.4) is 0 Å². The van der Waals surface area contributed by atoms with Crippen LogP contribution in [0.5, 0.6) is 5.75 Å². The molecule has 4 rings (SSSR count). The van der Waals surface area contributed by atoms with Crippen LogP contribution in [-0.4, -0.2) is 48.1 Å². The number of halogens is 1. The number of anilines is 1. The molecule has 7 heteroatoms. The molecule has 6 nitrogen and oxygen atoms in total. The lowest BCUT2D eigenvalue weighted by atomic mass is 9.98. The summed E-state index contributed by atoms with van der Waals surface area (Å²) in [6.45, 7) is 8.37.